The summed E-state index contributed by atoms with van der Waals surface area (Å²) in [4.78, 5) is 19.7. The van der Waals surface area contributed by atoms with Crippen molar-refractivity contribution in [2.24, 2.45) is 0 Å². The Morgan fingerprint density at radius 1 is 1.00 bits per heavy atom. The van der Waals surface area contributed by atoms with E-state index in [9.17, 15) is 4.79 Å². The average molecular weight is 410 g/mol. The van der Waals surface area contributed by atoms with Crippen molar-refractivity contribution < 1.29 is 9.53 Å². The lowest BCUT2D eigenvalue weighted by Crippen LogP contribution is -2.44. The van der Waals surface area contributed by atoms with Crippen LogP contribution in [-0.2, 0) is 6.61 Å². The van der Waals surface area contributed by atoms with Crippen LogP contribution in [0, 0.1) is 0 Å². The third kappa shape index (κ3) is 3.30. The molecule has 6 heteroatoms. The molecule has 1 aliphatic heterocycles. The van der Waals surface area contributed by atoms with Crippen LogP contribution in [-0.4, -0.2) is 26.2 Å². The monoisotopic (exact) mass is 410 g/mol. The average Bonchev–Trinajstić information content (AvgIpc) is 3.56. The zero-order chi connectivity index (χ0) is 20.8. The number of nitrogens with zero attached hydrogens (tertiary/aromatic N) is 3. The second kappa shape index (κ2) is 7.16. The number of hydrogen-bond acceptors (Lipinski definition) is 4. The molecule has 1 saturated carbocycles. The van der Waals surface area contributed by atoms with E-state index in [-0.39, 0.29) is 12.1 Å². The Bertz CT molecular complexity index is 1230. The molecule has 1 aliphatic carbocycles. The lowest BCUT2D eigenvalue weighted by atomic mass is 10.0. The molecule has 2 aromatic carbocycles. The number of rotatable bonds is 5. The number of carbonyl (C=O) groups excluding carboxylic acids is 1. The first-order valence-electron chi connectivity index (χ1n) is 10.6. The third-order valence-corrected chi connectivity index (χ3v) is 5.90. The highest BCUT2D eigenvalue weighted by Gasteiger charge is 2.41. The van der Waals surface area contributed by atoms with E-state index in [1.807, 2.05) is 88.4 Å². The number of amides is 1. The maximum absolute atomic E-state index is 13.1. The predicted molar refractivity (Wildman–Crippen MR) is 118 cm³/mol. The molecule has 31 heavy (non-hydrogen) atoms. The zero-order valence-corrected chi connectivity index (χ0v) is 16.9. The summed E-state index contributed by atoms with van der Waals surface area (Å²) >= 11 is 0. The first kappa shape index (κ1) is 18.0. The summed E-state index contributed by atoms with van der Waals surface area (Å²) in [6.45, 7) is 0.406. The van der Waals surface area contributed by atoms with Gasteiger partial charge < -0.3 is 19.4 Å². The van der Waals surface area contributed by atoms with Crippen molar-refractivity contribution >= 4 is 17.2 Å². The number of anilines is 1. The van der Waals surface area contributed by atoms with Crippen molar-refractivity contribution in [1.29, 1.82) is 0 Å². The van der Waals surface area contributed by atoms with Crippen LogP contribution >= 0.6 is 0 Å². The number of imidazole rings is 1. The Morgan fingerprint density at radius 3 is 2.61 bits per heavy atom. The van der Waals surface area contributed by atoms with Gasteiger partial charge in [-0.05, 0) is 54.8 Å². The fourth-order valence-electron chi connectivity index (χ4n) is 4.20. The van der Waals surface area contributed by atoms with Gasteiger partial charge in [-0.15, -0.1) is 0 Å². The molecular formula is C25H22N4O2. The lowest BCUT2D eigenvalue weighted by molar-refractivity contribution is 0.0666. The number of benzene rings is 2. The second-order valence-corrected chi connectivity index (χ2v) is 8.09. The Morgan fingerprint density at radius 2 is 1.81 bits per heavy atom. The fourth-order valence-corrected chi connectivity index (χ4v) is 4.20. The standard InChI is InChI=1S/C25H22N4O2/c30-25-21-5-1-2-6-22(21)27-24(29(25)19-10-11-19)17-8-12-20(13-9-17)31-16-18-15-28-14-4-3-7-23(28)26-18/h1-9,12-15,19,24,27H,10-11,16H2/t24-/m1/s1. The molecule has 4 aromatic rings. The largest absolute Gasteiger partial charge is 0.487 e. The van der Waals surface area contributed by atoms with Crippen molar-refractivity contribution in [3.8, 4) is 5.75 Å². The van der Waals surface area contributed by atoms with Crippen LogP contribution in [0.1, 0.15) is 40.6 Å². The highest BCUT2D eigenvalue weighted by Crippen LogP contribution is 2.40. The van der Waals surface area contributed by atoms with Gasteiger partial charge in [0.15, 0.2) is 0 Å². The van der Waals surface area contributed by atoms with Gasteiger partial charge in [-0.2, -0.15) is 0 Å². The number of nitrogens with one attached hydrogen (secondary N) is 1. The molecule has 1 atom stereocenters. The minimum absolute atomic E-state index is 0.106. The van der Waals surface area contributed by atoms with Crippen molar-refractivity contribution in [1.82, 2.24) is 14.3 Å². The van der Waals surface area contributed by atoms with E-state index >= 15 is 0 Å². The zero-order valence-electron chi connectivity index (χ0n) is 16.9. The highest BCUT2D eigenvalue weighted by atomic mass is 16.5. The molecule has 1 amide bonds. The summed E-state index contributed by atoms with van der Waals surface area (Å²) in [6.07, 6.45) is 5.91. The number of pyridine rings is 1. The van der Waals surface area contributed by atoms with Crippen LogP contribution in [0.3, 0.4) is 0 Å². The van der Waals surface area contributed by atoms with Gasteiger partial charge in [0.25, 0.3) is 5.91 Å². The van der Waals surface area contributed by atoms with Crippen LogP contribution in [0.5, 0.6) is 5.75 Å². The maximum Gasteiger partial charge on any atom is 0.258 e. The van der Waals surface area contributed by atoms with Gasteiger partial charge in [0, 0.05) is 24.1 Å². The molecule has 2 aromatic heterocycles. The molecule has 3 heterocycles. The van der Waals surface area contributed by atoms with Gasteiger partial charge in [-0.1, -0.05) is 30.3 Å². The quantitative estimate of drug-likeness (QED) is 0.521. The lowest BCUT2D eigenvalue weighted by Gasteiger charge is -2.38. The summed E-state index contributed by atoms with van der Waals surface area (Å²) in [5.41, 5.74) is 4.48. The first-order valence-corrected chi connectivity index (χ1v) is 10.6. The normalized spacial score (nSPS) is 18.0. The van der Waals surface area contributed by atoms with Gasteiger partial charge in [0.1, 0.15) is 24.2 Å². The molecule has 0 radical (unpaired) electrons. The van der Waals surface area contributed by atoms with Gasteiger partial charge in [0.2, 0.25) is 0 Å². The van der Waals surface area contributed by atoms with Crippen LogP contribution in [0.4, 0.5) is 5.69 Å². The van der Waals surface area contributed by atoms with E-state index < -0.39 is 0 Å². The summed E-state index contributed by atoms with van der Waals surface area (Å²) in [6, 6.07) is 22.0. The number of fused-ring (bicyclic) bond motifs is 2. The van der Waals surface area contributed by atoms with E-state index in [1.165, 1.54) is 0 Å². The Balaban J connectivity index is 1.21. The topological polar surface area (TPSA) is 58.9 Å². The van der Waals surface area contributed by atoms with E-state index in [0.29, 0.717) is 12.6 Å². The number of carbonyl (C=O) groups is 1. The van der Waals surface area contributed by atoms with E-state index in [0.717, 1.165) is 46.7 Å². The van der Waals surface area contributed by atoms with Crippen LogP contribution in [0.2, 0.25) is 0 Å². The van der Waals surface area contributed by atoms with Crippen molar-refractivity contribution in [3.63, 3.8) is 0 Å². The molecule has 0 spiro atoms. The summed E-state index contributed by atoms with van der Waals surface area (Å²) in [5, 5.41) is 3.56. The molecule has 6 nitrogen and oxygen atoms in total. The number of ether oxygens (including phenoxy) is 1. The van der Waals surface area contributed by atoms with Gasteiger partial charge in [0.05, 0.1) is 11.3 Å². The molecule has 6 rings (SSSR count). The molecule has 1 N–H and O–H groups in total. The van der Waals surface area contributed by atoms with Crippen LogP contribution in [0.15, 0.2) is 79.1 Å². The number of hydrogen-bond donors (Lipinski definition) is 1. The molecule has 1 fully saturated rings. The SMILES string of the molecule is O=C1c2ccccc2N[C@@H](c2ccc(OCc3cn4ccccc4n3)cc2)N1C1CC1. The Hall–Kier alpha value is -3.80. The molecule has 2 aliphatic rings. The molecule has 154 valence electrons. The first-order chi connectivity index (χ1) is 15.3. The van der Waals surface area contributed by atoms with Crippen LogP contribution < -0.4 is 10.1 Å². The summed E-state index contributed by atoms with van der Waals surface area (Å²) < 4.78 is 7.94. The molecule has 0 unspecified atom stereocenters. The maximum atomic E-state index is 13.1. The van der Waals surface area contributed by atoms with E-state index in [4.69, 9.17) is 4.74 Å². The van der Waals surface area contributed by atoms with Crippen molar-refractivity contribution in [2.75, 3.05) is 5.32 Å². The minimum Gasteiger partial charge on any atom is -0.487 e. The third-order valence-electron chi connectivity index (χ3n) is 5.90. The van der Waals surface area contributed by atoms with E-state index in [1.54, 1.807) is 0 Å². The summed E-state index contributed by atoms with van der Waals surface area (Å²) in [5.74, 6) is 0.885. The Kier molecular flexibility index (Phi) is 4.16. The van der Waals surface area contributed by atoms with Gasteiger partial charge >= 0.3 is 0 Å². The van der Waals surface area contributed by atoms with E-state index in [2.05, 4.69) is 10.3 Å². The smallest absolute Gasteiger partial charge is 0.258 e. The van der Waals surface area contributed by atoms with Crippen molar-refractivity contribution in [3.05, 3.63) is 95.9 Å². The molecular weight excluding hydrogens is 388 g/mol. The van der Waals surface area contributed by atoms with Crippen LogP contribution in [0.25, 0.3) is 5.65 Å². The van der Waals surface area contributed by atoms with Gasteiger partial charge in [-0.3, -0.25) is 4.79 Å². The predicted octanol–water partition coefficient (Wildman–Crippen LogP) is 4.64. The van der Waals surface area contributed by atoms with Gasteiger partial charge in [-0.25, -0.2) is 4.98 Å². The van der Waals surface area contributed by atoms with Crippen molar-refractivity contribution in [2.45, 2.75) is 31.7 Å². The second-order valence-electron chi connectivity index (χ2n) is 8.09. The Labute approximate surface area is 180 Å². The molecule has 0 bridgehead atoms. The summed E-state index contributed by atoms with van der Waals surface area (Å²) in [7, 11) is 0. The highest BCUT2D eigenvalue weighted by molar-refractivity contribution is 6.02. The fraction of sp³-hybridized carbons (Fsp3) is 0.200. The number of para-hydroxylation sites is 1. The number of aromatic nitrogens is 2. The molecule has 0 saturated heterocycles. The minimum atomic E-state index is -0.164.